The number of hydrogen-bond donors (Lipinski definition) is 5. The minimum Gasteiger partial charge on any atom is -0.321 e. The lowest BCUT2D eigenvalue weighted by atomic mass is 11.3. The Hall–Kier alpha value is -0.0000000000000000694. The predicted octanol–water partition coefficient (Wildman–Crippen LogP) is -0.621. The zero-order valence-electron chi connectivity index (χ0n) is 5.23. The average molecular weight is 206 g/mol. The normalized spacial score (nSPS) is 11.4. The molecule has 0 aromatic rings. The molecule has 0 spiro atoms. The fourth-order valence-corrected chi connectivity index (χ4v) is 0. The Bertz CT molecular complexity index is 188. The van der Waals surface area contributed by atoms with Crippen molar-refractivity contribution in [2.45, 2.75) is 0 Å². The maximum Gasteiger partial charge on any atom is 0.466 e. The zero-order valence-corrected chi connectivity index (χ0v) is 7.02. The second kappa shape index (κ2) is 4.79. The molecule has 0 saturated heterocycles. The molecule has 0 saturated carbocycles. The Morgan fingerprint density at radius 2 is 1.09 bits per heavy atom. The highest BCUT2D eigenvalue weighted by Crippen LogP contribution is 2.34. The summed E-state index contributed by atoms with van der Waals surface area (Å²) in [6, 6.07) is 0. The van der Waals surface area contributed by atoms with Gasteiger partial charge in [0.15, 0.2) is 0 Å². The molecule has 0 aliphatic heterocycles. The van der Waals surface area contributed by atoms with Gasteiger partial charge in [-0.1, -0.05) is 6.58 Å². The van der Waals surface area contributed by atoms with Gasteiger partial charge in [0.2, 0.25) is 0 Å². The van der Waals surface area contributed by atoms with Crippen molar-refractivity contribution in [1.82, 2.24) is 0 Å². The minimum atomic E-state index is -4.64. The maximum atomic E-state index is 9.58. The first-order chi connectivity index (χ1) is 4.56. The van der Waals surface area contributed by atoms with E-state index in [4.69, 9.17) is 29.0 Å². The molecule has 0 atom stereocenters. The summed E-state index contributed by atoms with van der Waals surface area (Å²) in [5.74, 6) is 0.604. The number of phosphoric acid groups is 1. The van der Waals surface area contributed by atoms with Crippen LogP contribution in [0, 0.1) is 0 Å². The molecule has 11 heavy (non-hydrogen) atoms. The summed E-state index contributed by atoms with van der Waals surface area (Å²) < 4.78 is 18.5. The van der Waals surface area contributed by atoms with Crippen molar-refractivity contribution in [3.8, 4) is 0 Å². The molecule has 5 N–H and O–H groups in total. The SMILES string of the molecule is C=CP(=O)(O)O.O=P(O)(O)O. The van der Waals surface area contributed by atoms with Crippen molar-refractivity contribution in [2.75, 3.05) is 0 Å². The van der Waals surface area contributed by atoms with Gasteiger partial charge in [-0.2, -0.15) is 0 Å². The van der Waals surface area contributed by atoms with Crippen LogP contribution >= 0.6 is 15.4 Å². The summed E-state index contributed by atoms with van der Waals surface area (Å²) in [4.78, 5) is 37.2. The van der Waals surface area contributed by atoms with Gasteiger partial charge in [-0.25, -0.2) is 4.57 Å². The third kappa shape index (κ3) is 71.1. The summed E-state index contributed by atoms with van der Waals surface area (Å²) in [5, 5.41) is 0. The smallest absolute Gasteiger partial charge is 0.321 e. The Balaban J connectivity index is 0. The standard InChI is InChI=1S/C2H5O3P.H3O4P/c1-2-6(3,4)5;1-5(2,3)4/h2H,1H2,(H2,3,4,5);(H3,1,2,3,4). The van der Waals surface area contributed by atoms with Crippen LogP contribution in [0.5, 0.6) is 0 Å². The molecule has 0 aliphatic rings. The Morgan fingerprint density at radius 1 is 1.00 bits per heavy atom. The molecule has 0 rings (SSSR count). The molecule has 0 bridgehead atoms. The van der Waals surface area contributed by atoms with Crippen LogP contribution in [0.3, 0.4) is 0 Å². The first-order valence-corrected chi connectivity index (χ1v) is 5.28. The largest absolute Gasteiger partial charge is 0.466 e. The molecule has 0 fully saturated rings. The van der Waals surface area contributed by atoms with Crippen LogP contribution in [0.2, 0.25) is 0 Å². The molecule has 0 heterocycles. The quantitative estimate of drug-likeness (QED) is 0.360. The fraction of sp³-hybridized carbons (Fsp3) is 0. The number of hydrogen-bond acceptors (Lipinski definition) is 2. The van der Waals surface area contributed by atoms with E-state index >= 15 is 0 Å². The lowest BCUT2D eigenvalue weighted by Crippen LogP contribution is -1.66. The monoisotopic (exact) mass is 206 g/mol. The van der Waals surface area contributed by atoms with E-state index in [-0.39, 0.29) is 0 Å². The van der Waals surface area contributed by atoms with Crippen molar-refractivity contribution in [1.29, 1.82) is 0 Å². The van der Waals surface area contributed by atoms with Crippen molar-refractivity contribution in [3.05, 3.63) is 12.4 Å². The van der Waals surface area contributed by atoms with Crippen molar-refractivity contribution in [2.24, 2.45) is 0 Å². The first kappa shape index (κ1) is 13.6. The van der Waals surface area contributed by atoms with Crippen LogP contribution in [-0.4, -0.2) is 24.5 Å². The second-order valence-electron chi connectivity index (χ2n) is 1.28. The van der Waals surface area contributed by atoms with E-state index in [1.54, 1.807) is 0 Å². The summed E-state index contributed by atoms with van der Waals surface area (Å²) in [6.45, 7) is 2.87. The van der Waals surface area contributed by atoms with Gasteiger partial charge in [-0.05, 0) is 0 Å². The van der Waals surface area contributed by atoms with E-state index in [2.05, 4.69) is 6.58 Å². The van der Waals surface area contributed by atoms with Gasteiger partial charge >= 0.3 is 15.4 Å². The molecule has 0 aromatic carbocycles. The topological polar surface area (TPSA) is 135 Å². The zero-order chi connectivity index (χ0) is 9.71. The summed E-state index contributed by atoms with van der Waals surface area (Å²) in [7, 11) is -8.52. The van der Waals surface area contributed by atoms with E-state index in [0.29, 0.717) is 5.82 Å². The Kier molecular flexibility index (Phi) is 5.92. The van der Waals surface area contributed by atoms with E-state index in [0.717, 1.165) is 0 Å². The Labute approximate surface area is 62.4 Å². The highest BCUT2D eigenvalue weighted by atomic mass is 31.2. The highest BCUT2D eigenvalue weighted by Gasteiger charge is 2.01. The average Bonchev–Trinajstić information content (AvgIpc) is 1.59. The third-order valence-electron chi connectivity index (χ3n) is 0.238. The molecule has 0 radical (unpaired) electrons. The lowest BCUT2D eigenvalue weighted by molar-refractivity contribution is 0.275. The molecule has 9 heteroatoms. The van der Waals surface area contributed by atoms with Crippen LogP contribution in [-0.2, 0) is 9.13 Å². The van der Waals surface area contributed by atoms with Crippen LogP contribution in [0.15, 0.2) is 12.4 Å². The van der Waals surface area contributed by atoms with Gasteiger partial charge in [-0.3, -0.25) is 4.57 Å². The van der Waals surface area contributed by atoms with Gasteiger partial charge in [0.05, 0.1) is 0 Å². The maximum absolute atomic E-state index is 9.58. The molecule has 7 nitrogen and oxygen atoms in total. The molecular formula is C2H8O7P2. The Morgan fingerprint density at radius 3 is 1.09 bits per heavy atom. The predicted molar refractivity (Wildman–Crippen MR) is 36.5 cm³/mol. The second-order valence-corrected chi connectivity index (χ2v) is 3.85. The van der Waals surface area contributed by atoms with Gasteiger partial charge in [0.1, 0.15) is 0 Å². The first-order valence-electron chi connectivity index (χ1n) is 2.03. The molecular weight excluding hydrogens is 198 g/mol. The third-order valence-corrected chi connectivity index (χ3v) is 0.714. The van der Waals surface area contributed by atoms with E-state index in [1.165, 1.54) is 0 Å². The van der Waals surface area contributed by atoms with Gasteiger partial charge in [0.25, 0.3) is 0 Å². The van der Waals surface area contributed by atoms with Crippen LogP contribution in [0.1, 0.15) is 0 Å². The van der Waals surface area contributed by atoms with E-state index in [9.17, 15) is 4.57 Å². The van der Waals surface area contributed by atoms with Crippen LogP contribution < -0.4 is 0 Å². The van der Waals surface area contributed by atoms with Crippen molar-refractivity contribution < 1.29 is 33.6 Å². The van der Waals surface area contributed by atoms with Crippen LogP contribution in [0.4, 0.5) is 0 Å². The highest BCUT2D eigenvalue weighted by molar-refractivity contribution is 7.55. The lowest BCUT2D eigenvalue weighted by Gasteiger charge is -1.87. The molecule has 0 aromatic heterocycles. The summed E-state index contributed by atoms with van der Waals surface area (Å²) in [6.07, 6.45) is 0. The molecule has 0 unspecified atom stereocenters. The van der Waals surface area contributed by atoms with Gasteiger partial charge < -0.3 is 24.5 Å². The van der Waals surface area contributed by atoms with Crippen molar-refractivity contribution >= 4 is 15.4 Å². The van der Waals surface area contributed by atoms with Crippen LogP contribution in [0.25, 0.3) is 0 Å². The number of rotatable bonds is 1. The fourth-order valence-electron chi connectivity index (χ4n) is 0. The molecule has 0 amide bonds. The van der Waals surface area contributed by atoms with Gasteiger partial charge in [-0.15, -0.1) is 0 Å². The van der Waals surface area contributed by atoms with Gasteiger partial charge in [0, 0.05) is 5.82 Å². The van der Waals surface area contributed by atoms with E-state index < -0.39 is 15.4 Å². The summed E-state index contributed by atoms with van der Waals surface area (Å²) >= 11 is 0. The molecule has 68 valence electrons. The van der Waals surface area contributed by atoms with Crippen molar-refractivity contribution in [3.63, 3.8) is 0 Å². The molecule has 0 aliphatic carbocycles. The van der Waals surface area contributed by atoms with E-state index in [1.807, 2.05) is 0 Å². The summed E-state index contributed by atoms with van der Waals surface area (Å²) in [5.41, 5.74) is 0. The minimum absolute atomic E-state index is 0.604.